The topological polar surface area (TPSA) is 102 Å². The van der Waals surface area contributed by atoms with E-state index in [1.807, 2.05) is 18.2 Å². The molecule has 0 saturated carbocycles. The Hall–Kier alpha value is -4.37. The lowest BCUT2D eigenvalue weighted by atomic mass is 10.1. The number of nitrogens with one attached hydrogen (secondary N) is 2. The minimum atomic E-state index is -0.660. The van der Waals surface area contributed by atoms with Crippen LogP contribution in [0.25, 0.3) is 10.9 Å². The number of nitrogens with zero attached hydrogens (tertiary/aromatic N) is 2. The fraction of sp³-hybridized carbons (Fsp3) is 0.0968. The summed E-state index contributed by atoms with van der Waals surface area (Å²) in [4.78, 5) is 52.5. The van der Waals surface area contributed by atoms with Gasteiger partial charge in [-0.3, -0.25) is 23.5 Å². The molecule has 5 aromatic rings. The molecule has 0 saturated heterocycles. The molecular formula is C31H23Cl3N4O4. The van der Waals surface area contributed by atoms with Gasteiger partial charge in [-0.2, -0.15) is 0 Å². The van der Waals surface area contributed by atoms with E-state index in [0.29, 0.717) is 27.4 Å². The SMILES string of the molecule is O=C(Cn1c(=O)n(Cc2ccc(C(=O)NCc3ccccc3Cl)cc2)c(=O)c2ccccc21)Nc1cccc(Cl)c1Cl. The van der Waals surface area contributed by atoms with Gasteiger partial charge in [-0.05, 0) is 53.6 Å². The van der Waals surface area contributed by atoms with Crippen LogP contribution in [0.2, 0.25) is 15.1 Å². The number of fused-ring (bicyclic) bond motifs is 1. The average molecular weight is 622 g/mol. The summed E-state index contributed by atoms with van der Waals surface area (Å²) in [6.07, 6.45) is 0. The van der Waals surface area contributed by atoms with Crippen LogP contribution in [-0.4, -0.2) is 20.9 Å². The van der Waals surface area contributed by atoms with E-state index >= 15 is 0 Å². The van der Waals surface area contributed by atoms with Crippen molar-refractivity contribution in [3.63, 3.8) is 0 Å². The van der Waals surface area contributed by atoms with Crippen molar-refractivity contribution in [2.75, 3.05) is 5.32 Å². The first-order valence-corrected chi connectivity index (χ1v) is 13.9. The molecule has 5 rings (SSSR count). The Kier molecular flexibility index (Phi) is 8.77. The number of aromatic nitrogens is 2. The van der Waals surface area contributed by atoms with Gasteiger partial charge in [0.05, 0.1) is 33.2 Å². The van der Waals surface area contributed by atoms with Gasteiger partial charge >= 0.3 is 5.69 Å². The predicted molar refractivity (Wildman–Crippen MR) is 166 cm³/mol. The molecule has 42 heavy (non-hydrogen) atoms. The normalized spacial score (nSPS) is 10.9. The van der Waals surface area contributed by atoms with Crippen LogP contribution in [0.15, 0.2) is 101 Å². The average Bonchev–Trinajstić information content (AvgIpc) is 2.99. The Morgan fingerprint density at radius 1 is 0.738 bits per heavy atom. The largest absolute Gasteiger partial charge is 0.348 e. The Balaban J connectivity index is 1.38. The number of para-hydroxylation sites is 1. The maximum absolute atomic E-state index is 13.6. The first kappa shape index (κ1) is 29.1. The molecule has 2 N–H and O–H groups in total. The molecule has 0 fully saturated rings. The van der Waals surface area contributed by atoms with Crippen LogP contribution in [0.1, 0.15) is 21.5 Å². The van der Waals surface area contributed by atoms with Crippen molar-refractivity contribution in [2.45, 2.75) is 19.6 Å². The quantitative estimate of drug-likeness (QED) is 0.231. The van der Waals surface area contributed by atoms with Crippen molar-refractivity contribution in [3.05, 3.63) is 144 Å². The summed E-state index contributed by atoms with van der Waals surface area (Å²) < 4.78 is 2.30. The van der Waals surface area contributed by atoms with Crippen molar-refractivity contribution in [1.29, 1.82) is 0 Å². The maximum atomic E-state index is 13.6. The number of anilines is 1. The molecule has 0 aliphatic rings. The molecule has 0 aliphatic carbocycles. The smallest absolute Gasteiger partial charge is 0.332 e. The van der Waals surface area contributed by atoms with Gasteiger partial charge in [0.2, 0.25) is 5.91 Å². The molecular weight excluding hydrogens is 599 g/mol. The van der Waals surface area contributed by atoms with E-state index in [2.05, 4.69) is 10.6 Å². The lowest BCUT2D eigenvalue weighted by molar-refractivity contribution is -0.116. The summed E-state index contributed by atoms with van der Waals surface area (Å²) in [5, 5.41) is 6.78. The van der Waals surface area contributed by atoms with Gasteiger partial charge in [0.1, 0.15) is 6.54 Å². The Morgan fingerprint density at radius 2 is 1.43 bits per heavy atom. The highest BCUT2D eigenvalue weighted by Crippen LogP contribution is 2.29. The highest BCUT2D eigenvalue weighted by atomic mass is 35.5. The fourth-order valence-electron chi connectivity index (χ4n) is 4.46. The fourth-order valence-corrected chi connectivity index (χ4v) is 5.01. The second-order valence-corrected chi connectivity index (χ2v) is 10.6. The molecule has 0 spiro atoms. The second kappa shape index (κ2) is 12.7. The number of rotatable bonds is 8. The van der Waals surface area contributed by atoms with Crippen molar-refractivity contribution in [1.82, 2.24) is 14.5 Å². The van der Waals surface area contributed by atoms with Gasteiger partial charge in [0, 0.05) is 17.1 Å². The van der Waals surface area contributed by atoms with E-state index in [0.717, 1.165) is 10.1 Å². The van der Waals surface area contributed by atoms with Crippen LogP contribution < -0.4 is 21.9 Å². The van der Waals surface area contributed by atoms with Crippen LogP contribution in [0, 0.1) is 0 Å². The Morgan fingerprint density at radius 3 is 2.19 bits per heavy atom. The van der Waals surface area contributed by atoms with E-state index in [-0.39, 0.29) is 41.0 Å². The van der Waals surface area contributed by atoms with Crippen LogP contribution >= 0.6 is 34.8 Å². The number of amides is 2. The van der Waals surface area contributed by atoms with E-state index in [9.17, 15) is 19.2 Å². The van der Waals surface area contributed by atoms with E-state index in [1.165, 1.54) is 4.57 Å². The molecule has 1 heterocycles. The van der Waals surface area contributed by atoms with E-state index in [4.69, 9.17) is 34.8 Å². The summed E-state index contributed by atoms with van der Waals surface area (Å²) in [6.45, 7) is -0.165. The highest BCUT2D eigenvalue weighted by Gasteiger charge is 2.17. The molecule has 0 radical (unpaired) electrons. The molecule has 212 valence electrons. The Bertz CT molecular complexity index is 1930. The third-order valence-electron chi connectivity index (χ3n) is 6.61. The lowest BCUT2D eigenvalue weighted by Crippen LogP contribution is -2.42. The van der Waals surface area contributed by atoms with Gasteiger partial charge < -0.3 is 10.6 Å². The number of hydrogen-bond donors (Lipinski definition) is 2. The van der Waals surface area contributed by atoms with E-state index in [1.54, 1.807) is 72.8 Å². The van der Waals surface area contributed by atoms with Crippen LogP contribution in [0.5, 0.6) is 0 Å². The molecule has 8 nitrogen and oxygen atoms in total. The number of carbonyl (C=O) groups is 2. The zero-order chi connectivity index (χ0) is 29.8. The lowest BCUT2D eigenvalue weighted by Gasteiger charge is -2.15. The minimum Gasteiger partial charge on any atom is -0.348 e. The predicted octanol–water partition coefficient (Wildman–Crippen LogP) is 5.74. The third kappa shape index (κ3) is 6.26. The van der Waals surface area contributed by atoms with Crippen molar-refractivity contribution in [3.8, 4) is 0 Å². The summed E-state index contributed by atoms with van der Waals surface area (Å²) >= 11 is 18.4. The van der Waals surface area contributed by atoms with Gasteiger partial charge in [-0.25, -0.2) is 4.79 Å². The molecule has 0 aliphatic heterocycles. The second-order valence-electron chi connectivity index (χ2n) is 9.40. The zero-order valence-corrected chi connectivity index (χ0v) is 24.2. The van der Waals surface area contributed by atoms with E-state index < -0.39 is 17.2 Å². The monoisotopic (exact) mass is 620 g/mol. The molecule has 0 bridgehead atoms. The molecule has 0 unspecified atom stereocenters. The van der Waals surface area contributed by atoms with Gasteiger partial charge in [0.15, 0.2) is 0 Å². The highest BCUT2D eigenvalue weighted by molar-refractivity contribution is 6.44. The summed E-state index contributed by atoms with van der Waals surface area (Å²) in [5.74, 6) is -0.818. The molecule has 4 aromatic carbocycles. The number of carbonyl (C=O) groups excluding carboxylic acids is 2. The first-order valence-electron chi connectivity index (χ1n) is 12.8. The molecule has 2 amide bonds. The Labute approximate surface area is 255 Å². The molecule has 1 aromatic heterocycles. The van der Waals surface area contributed by atoms with Crippen molar-refractivity contribution < 1.29 is 9.59 Å². The number of benzene rings is 4. The number of halogens is 3. The number of hydrogen-bond acceptors (Lipinski definition) is 4. The maximum Gasteiger partial charge on any atom is 0.332 e. The standard InChI is InChI=1S/C31H23Cl3N4O4/c32-23-8-3-1-6-21(23)16-35-29(40)20-14-12-19(13-15-20)17-38-30(41)22-7-2-4-11-26(22)37(31(38)42)18-27(39)36-25-10-5-9-24(33)28(25)34/h1-15H,16-18H2,(H,35,40)(H,36,39). The van der Waals surface area contributed by atoms with Crippen LogP contribution in [0.4, 0.5) is 5.69 Å². The molecule has 11 heteroatoms. The summed E-state index contributed by atoms with van der Waals surface area (Å²) in [7, 11) is 0. The molecule has 0 atom stereocenters. The summed E-state index contributed by atoms with van der Waals surface area (Å²) in [6, 6.07) is 25.2. The van der Waals surface area contributed by atoms with Gasteiger partial charge in [-0.15, -0.1) is 0 Å². The van der Waals surface area contributed by atoms with Crippen molar-refractivity contribution in [2.24, 2.45) is 0 Å². The zero-order valence-electron chi connectivity index (χ0n) is 21.9. The van der Waals surface area contributed by atoms with Gasteiger partial charge in [-0.1, -0.05) is 83.3 Å². The van der Waals surface area contributed by atoms with Crippen molar-refractivity contribution >= 4 is 63.2 Å². The summed E-state index contributed by atoms with van der Waals surface area (Å²) in [5.41, 5.74) is 1.29. The van der Waals surface area contributed by atoms with Crippen LogP contribution in [-0.2, 0) is 24.4 Å². The third-order valence-corrected chi connectivity index (χ3v) is 7.80. The van der Waals surface area contributed by atoms with Crippen LogP contribution in [0.3, 0.4) is 0 Å². The first-order chi connectivity index (χ1) is 20.2. The minimum absolute atomic E-state index is 0.0637. The van der Waals surface area contributed by atoms with Gasteiger partial charge in [0.25, 0.3) is 11.5 Å².